The number of allylic oxidation sites excluding steroid dienone is 1. The molecule has 4 nitrogen and oxygen atoms in total. The molecule has 0 aliphatic carbocycles. The number of unbranched alkanes of at least 4 members (excludes halogenated alkanes) is 11. The molecule has 1 aliphatic rings. The Morgan fingerprint density at radius 3 is 2.15 bits per heavy atom. The standard InChI is InChI=1S/C36H54N2O2S/c1-6-7-8-9-10-11-12-13-14-15-16-19-24-40-34-25-31(36(3,4)5)22-23-33(34)37-35(39)32-21-18-17-20-30(32)27-38-26-29(2)41-28-38/h17-18,20-23,25-26H,6-16,19,24,27-28H2,1-5H3,(H,37,39). The van der Waals surface area contributed by atoms with E-state index >= 15 is 0 Å². The van der Waals surface area contributed by atoms with Gasteiger partial charge in [-0.2, -0.15) is 0 Å². The smallest absolute Gasteiger partial charge is 0.256 e. The van der Waals surface area contributed by atoms with Gasteiger partial charge in [-0.05, 0) is 53.0 Å². The maximum Gasteiger partial charge on any atom is 0.256 e. The van der Waals surface area contributed by atoms with Crippen LogP contribution in [0, 0.1) is 0 Å². The highest BCUT2D eigenvalue weighted by Gasteiger charge is 2.20. The lowest BCUT2D eigenvalue weighted by Crippen LogP contribution is -2.19. The number of carbonyl (C=O) groups excluding carboxylic acids is 1. The molecule has 0 aromatic heterocycles. The van der Waals surface area contributed by atoms with Gasteiger partial charge in [0.05, 0.1) is 18.2 Å². The molecule has 5 heteroatoms. The molecule has 0 atom stereocenters. The molecule has 0 bridgehead atoms. The minimum atomic E-state index is -0.0909. The summed E-state index contributed by atoms with van der Waals surface area (Å²) in [5.41, 5.74) is 3.69. The number of nitrogens with zero attached hydrogens (tertiary/aromatic N) is 1. The van der Waals surface area contributed by atoms with Crippen molar-refractivity contribution < 1.29 is 9.53 Å². The van der Waals surface area contributed by atoms with Gasteiger partial charge in [-0.3, -0.25) is 4.79 Å². The minimum absolute atomic E-state index is 0.00262. The third-order valence-corrected chi connectivity index (χ3v) is 8.83. The number of nitrogens with one attached hydrogen (secondary N) is 1. The first-order chi connectivity index (χ1) is 19.8. The van der Waals surface area contributed by atoms with Crippen LogP contribution >= 0.6 is 11.8 Å². The van der Waals surface area contributed by atoms with Gasteiger partial charge in [-0.15, -0.1) is 11.8 Å². The van der Waals surface area contributed by atoms with Gasteiger partial charge in [-0.25, -0.2) is 0 Å². The molecule has 1 N–H and O–H groups in total. The molecule has 1 heterocycles. The number of hydrogen-bond donors (Lipinski definition) is 1. The first-order valence-electron chi connectivity index (χ1n) is 16.0. The number of thioether (sulfide) groups is 1. The number of benzene rings is 2. The first kappa shape index (κ1) is 33.1. The summed E-state index contributed by atoms with van der Waals surface area (Å²) in [7, 11) is 0. The summed E-state index contributed by atoms with van der Waals surface area (Å²) in [4.78, 5) is 17.1. The maximum absolute atomic E-state index is 13.5. The van der Waals surface area contributed by atoms with Crippen LogP contribution in [0.15, 0.2) is 53.6 Å². The van der Waals surface area contributed by atoms with E-state index in [0.29, 0.717) is 12.2 Å². The van der Waals surface area contributed by atoms with Crippen LogP contribution in [0.1, 0.15) is 133 Å². The average Bonchev–Trinajstić information content (AvgIpc) is 3.35. The van der Waals surface area contributed by atoms with Crippen molar-refractivity contribution in [3.63, 3.8) is 0 Å². The summed E-state index contributed by atoms with van der Waals surface area (Å²) >= 11 is 1.84. The quantitative estimate of drug-likeness (QED) is 0.179. The van der Waals surface area contributed by atoms with E-state index in [1.807, 2.05) is 36.0 Å². The monoisotopic (exact) mass is 578 g/mol. The molecule has 41 heavy (non-hydrogen) atoms. The number of amides is 1. The predicted octanol–water partition coefficient (Wildman–Crippen LogP) is 10.7. The van der Waals surface area contributed by atoms with Crippen LogP contribution in [-0.2, 0) is 12.0 Å². The lowest BCUT2D eigenvalue weighted by Gasteiger charge is -2.22. The van der Waals surface area contributed by atoms with Gasteiger partial charge in [0.1, 0.15) is 5.75 Å². The van der Waals surface area contributed by atoms with Crippen molar-refractivity contribution in [2.45, 2.75) is 124 Å². The Balaban J connectivity index is 1.51. The van der Waals surface area contributed by atoms with Crippen LogP contribution in [-0.4, -0.2) is 23.3 Å². The number of hydrogen-bond acceptors (Lipinski definition) is 4. The zero-order valence-electron chi connectivity index (χ0n) is 26.4. The summed E-state index contributed by atoms with van der Waals surface area (Å²) in [5.74, 6) is 1.60. The summed E-state index contributed by atoms with van der Waals surface area (Å²) in [6.07, 6.45) is 18.0. The second-order valence-electron chi connectivity index (χ2n) is 12.6. The minimum Gasteiger partial charge on any atom is -0.491 e. The van der Waals surface area contributed by atoms with Gasteiger partial charge in [0, 0.05) is 18.3 Å². The Kier molecular flexibility index (Phi) is 14.2. The number of anilines is 1. The highest BCUT2D eigenvalue weighted by atomic mass is 32.2. The van der Waals surface area contributed by atoms with E-state index < -0.39 is 0 Å². The molecule has 1 amide bonds. The third-order valence-electron chi connectivity index (χ3n) is 7.81. The Morgan fingerprint density at radius 2 is 1.54 bits per heavy atom. The fourth-order valence-electron chi connectivity index (χ4n) is 5.23. The van der Waals surface area contributed by atoms with Gasteiger partial charge in [0.15, 0.2) is 0 Å². The summed E-state index contributed by atoms with van der Waals surface area (Å²) in [6.45, 7) is 12.4. The zero-order valence-corrected chi connectivity index (χ0v) is 27.2. The van der Waals surface area contributed by atoms with Crippen LogP contribution in [0.5, 0.6) is 5.75 Å². The molecule has 1 aliphatic heterocycles. The van der Waals surface area contributed by atoms with Crippen molar-refractivity contribution in [2.75, 3.05) is 17.8 Å². The maximum atomic E-state index is 13.5. The van der Waals surface area contributed by atoms with E-state index in [9.17, 15) is 4.79 Å². The third kappa shape index (κ3) is 11.8. The van der Waals surface area contributed by atoms with Crippen molar-refractivity contribution >= 4 is 23.4 Å². The average molecular weight is 579 g/mol. The number of rotatable bonds is 18. The molecule has 2 aromatic rings. The van der Waals surface area contributed by atoms with Gasteiger partial charge in [-0.1, -0.05) is 123 Å². The van der Waals surface area contributed by atoms with Crippen LogP contribution in [0.2, 0.25) is 0 Å². The Morgan fingerprint density at radius 1 is 0.902 bits per heavy atom. The lowest BCUT2D eigenvalue weighted by atomic mass is 9.87. The molecule has 0 radical (unpaired) electrons. The van der Waals surface area contributed by atoms with Gasteiger partial charge < -0.3 is 15.0 Å². The van der Waals surface area contributed by atoms with E-state index in [0.717, 1.165) is 35.8 Å². The molecule has 0 unspecified atom stereocenters. The van der Waals surface area contributed by atoms with E-state index in [-0.39, 0.29) is 11.3 Å². The molecule has 226 valence electrons. The normalized spacial score (nSPS) is 13.4. The molecular formula is C36H54N2O2S. The Bertz CT molecular complexity index is 1100. The first-order valence-corrected chi connectivity index (χ1v) is 17.0. The van der Waals surface area contributed by atoms with E-state index in [1.165, 1.54) is 81.1 Å². The Labute approximate surface area is 254 Å². The SMILES string of the molecule is CCCCCCCCCCCCCCOc1cc(C(C)(C)C)ccc1NC(=O)c1ccccc1CN1C=C(C)SC1. The highest BCUT2D eigenvalue weighted by molar-refractivity contribution is 8.03. The summed E-state index contributed by atoms with van der Waals surface area (Å²) < 4.78 is 6.32. The van der Waals surface area contributed by atoms with Gasteiger partial charge in [0.2, 0.25) is 0 Å². The molecule has 3 rings (SSSR count). The lowest BCUT2D eigenvalue weighted by molar-refractivity contribution is 0.102. The number of ether oxygens (including phenoxy) is 1. The van der Waals surface area contributed by atoms with Gasteiger partial charge >= 0.3 is 0 Å². The fourth-order valence-corrected chi connectivity index (χ4v) is 5.99. The van der Waals surface area contributed by atoms with E-state index in [2.05, 4.69) is 69.2 Å². The van der Waals surface area contributed by atoms with Gasteiger partial charge in [0.25, 0.3) is 5.91 Å². The van der Waals surface area contributed by atoms with Crippen molar-refractivity contribution in [2.24, 2.45) is 0 Å². The van der Waals surface area contributed by atoms with Crippen molar-refractivity contribution in [3.8, 4) is 5.75 Å². The van der Waals surface area contributed by atoms with Crippen LogP contribution < -0.4 is 10.1 Å². The van der Waals surface area contributed by atoms with E-state index in [1.54, 1.807) is 0 Å². The second-order valence-corrected chi connectivity index (χ2v) is 13.8. The molecule has 0 saturated heterocycles. The van der Waals surface area contributed by atoms with Crippen molar-refractivity contribution in [1.82, 2.24) is 4.90 Å². The predicted molar refractivity (Wildman–Crippen MR) is 178 cm³/mol. The topological polar surface area (TPSA) is 41.6 Å². The van der Waals surface area contributed by atoms with E-state index in [4.69, 9.17) is 4.74 Å². The summed E-state index contributed by atoms with van der Waals surface area (Å²) in [6, 6.07) is 14.1. The molecular weight excluding hydrogens is 524 g/mol. The molecule has 0 saturated carbocycles. The fraction of sp³-hybridized carbons (Fsp3) is 0.583. The number of carbonyl (C=O) groups is 1. The Hall–Kier alpha value is -2.40. The highest BCUT2D eigenvalue weighted by Crippen LogP contribution is 2.33. The zero-order chi connectivity index (χ0) is 29.5. The molecule has 0 spiro atoms. The van der Waals surface area contributed by atoms with Crippen LogP contribution in [0.4, 0.5) is 5.69 Å². The van der Waals surface area contributed by atoms with Crippen molar-refractivity contribution in [3.05, 3.63) is 70.3 Å². The second kappa shape index (κ2) is 17.5. The van der Waals surface area contributed by atoms with Crippen molar-refractivity contribution in [1.29, 1.82) is 0 Å². The summed E-state index contributed by atoms with van der Waals surface area (Å²) in [5, 5.41) is 3.17. The molecule has 0 fully saturated rings. The van der Waals surface area contributed by atoms with Crippen LogP contribution in [0.3, 0.4) is 0 Å². The van der Waals surface area contributed by atoms with Crippen LogP contribution in [0.25, 0.3) is 0 Å². The largest absolute Gasteiger partial charge is 0.491 e. The molecule has 2 aromatic carbocycles.